The Bertz CT molecular complexity index is 712. The second kappa shape index (κ2) is 5.85. The molecule has 0 unspecified atom stereocenters. The van der Waals surface area contributed by atoms with Crippen LogP contribution in [0.1, 0.15) is 5.56 Å². The lowest BCUT2D eigenvalue weighted by atomic mass is 10.2. The molecule has 0 fully saturated rings. The molecule has 0 atom stereocenters. The van der Waals surface area contributed by atoms with E-state index in [-0.39, 0.29) is 16.4 Å². The molecule has 20 heavy (non-hydrogen) atoms. The average Bonchev–Trinajstić information content (AvgIpc) is 2.40. The van der Waals surface area contributed by atoms with Gasteiger partial charge in [-0.25, -0.2) is 8.42 Å². The zero-order valence-electron chi connectivity index (χ0n) is 10.8. The number of anilines is 1. The van der Waals surface area contributed by atoms with Crippen LogP contribution in [0.5, 0.6) is 5.75 Å². The lowest BCUT2D eigenvalue weighted by molar-refractivity contribution is 0.403. The third-order valence-electron chi connectivity index (χ3n) is 2.79. The number of halogens is 1. The molecule has 4 nitrogen and oxygen atoms in total. The molecular formula is C14H14BrNO3S. The van der Waals surface area contributed by atoms with Crippen molar-refractivity contribution >= 4 is 31.5 Å². The van der Waals surface area contributed by atoms with Crippen LogP contribution in [0, 0.1) is 0 Å². The molecule has 0 aromatic heterocycles. The van der Waals surface area contributed by atoms with E-state index < -0.39 is 9.84 Å². The van der Waals surface area contributed by atoms with E-state index in [0.29, 0.717) is 11.3 Å². The number of nitrogen functional groups attached to an aromatic ring is 1. The van der Waals surface area contributed by atoms with E-state index in [4.69, 9.17) is 10.5 Å². The summed E-state index contributed by atoms with van der Waals surface area (Å²) >= 11 is 3.32. The Morgan fingerprint density at radius 1 is 1.15 bits per heavy atom. The van der Waals surface area contributed by atoms with E-state index >= 15 is 0 Å². The van der Waals surface area contributed by atoms with Gasteiger partial charge in [-0.05, 0) is 29.8 Å². The summed E-state index contributed by atoms with van der Waals surface area (Å²) in [6, 6.07) is 11.7. The number of hydrogen-bond acceptors (Lipinski definition) is 4. The molecule has 0 aliphatic rings. The first kappa shape index (κ1) is 14.9. The number of methoxy groups -OCH3 is 1. The first-order valence-corrected chi connectivity index (χ1v) is 8.27. The second-order valence-corrected chi connectivity index (χ2v) is 7.17. The number of benzene rings is 2. The predicted molar refractivity (Wildman–Crippen MR) is 82.4 cm³/mol. The van der Waals surface area contributed by atoms with Crippen molar-refractivity contribution in [2.24, 2.45) is 0 Å². The summed E-state index contributed by atoms with van der Waals surface area (Å²) in [6.07, 6.45) is 0. The van der Waals surface area contributed by atoms with Gasteiger partial charge in [0.05, 0.1) is 12.9 Å². The van der Waals surface area contributed by atoms with Crippen LogP contribution < -0.4 is 10.5 Å². The molecule has 0 spiro atoms. The summed E-state index contributed by atoms with van der Waals surface area (Å²) in [5.74, 6) is 0.183. The van der Waals surface area contributed by atoms with Crippen molar-refractivity contribution in [1.82, 2.24) is 0 Å². The van der Waals surface area contributed by atoms with Gasteiger partial charge in [-0.15, -0.1) is 0 Å². The molecule has 0 saturated heterocycles. The molecule has 6 heteroatoms. The van der Waals surface area contributed by atoms with Crippen LogP contribution in [-0.4, -0.2) is 15.5 Å². The minimum atomic E-state index is -3.48. The number of rotatable bonds is 4. The van der Waals surface area contributed by atoms with Crippen LogP contribution in [0.3, 0.4) is 0 Å². The Hall–Kier alpha value is -1.53. The van der Waals surface area contributed by atoms with Crippen molar-refractivity contribution < 1.29 is 13.2 Å². The van der Waals surface area contributed by atoms with E-state index in [2.05, 4.69) is 15.9 Å². The molecule has 0 bridgehead atoms. The van der Waals surface area contributed by atoms with Gasteiger partial charge in [0.15, 0.2) is 9.84 Å². The van der Waals surface area contributed by atoms with Crippen molar-refractivity contribution in [2.75, 3.05) is 12.8 Å². The van der Waals surface area contributed by atoms with Crippen LogP contribution in [-0.2, 0) is 15.6 Å². The molecule has 2 aromatic carbocycles. The summed E-state index contributed by atoms with van der Waals surface area (Å²) in [6.45, 7) is 0. The highest BCUT2D eigenvalue weighted by Crippen LogP contribution is 2.28. The lowest BCUT2D eigenvalue weighted by Gasteiger charge is -2.10. The number of ether oxygens (including phenoxy) is 1. The van der Waals surface area contributed by atoms with Crippen LogP contribution in [0.2, 0.25) is 0 Å². The van der Waals surface area contributed by atoms with Gasteiger partial charge < -0.3 is 10.5 Å². The van der Waals surface area contributed by atoms with E-state index in [1.54, 1.807) is 18.2 Å². The Kier molecular flexibility index (Phi) is 4.35. The van der Waals surface area contributed by atoms with Crippen LogP contribution >= 0.6 is 15.9 Å². The lowest BCUT2D eigenvalue weighted by Crippen LogP contribution is -2.07. The van der Waals surface area contributed by atoms with Gasteiger partial charge in [-0.3, -0.25) is 0 Å². The molecule has 0 saturated carbocycles. The molecule has 106 valence electrons. The third kappa shape index (κ3) is 3.32. The first-order valence-electron chi connectivity index (χ1n) is 5.83. The first-order chi connectivity index (χ1) is 9.42. The second-order valence-electron chi connectivity index (χ2n) is 4.30. The van der Waals surface area contributed by atoms with Crippen molar-refractivity contribution in [3.05, 3.63) is 52.5 Å². The fourth-order valence-electron chi connectivity index (χ4n) is 1.82. The minimum Gasteiger partial charge on any atom is -0.495 e. The standard InChI is InChI=1S/C14H14BrNO3S/c1-19-13-8-12(16)6-7-14(13)20(17,18)9-10-2-4-11(15)5-3-10/h2-8H,9,16H2,1H3. The molecule has 2 aromatic rings. The Labute approximate surface area is 126 Å². The van der Waals surface area contributed by atoms with Crippen LogP contribution in [0.4, 0.5) is 5.69 Å². The normalized spacial score (nSPS) is 11.3. The maximum atomic E-state index is 12.4. The van der Waals surface area contributed by atoms with Gasteiger partial charge in [0.2, 0.25) is 0 Å². The zero-order valence-corrected chi connectivity index (χ0v) is 13.2. The molecule has 2 rings (SSSR count). The molecular weight excluding hydrogens is 342 g/mol. The van der Waals surface area contributed by atoms with E-state index in [9.17, 15) is 8.42 Å². The molecule has 0 amide bonds. The summed E-state index contributed by atoms with van der Waals surface area (Å²) in [7, 11) is -2.06. The summed E-state index contributed by atoms with van der Waals surface area (Å²) in [5.41, 5.74) is 6.81. The Balaban J connectivity index is 2.38. The van der Waals surface area contributed by atoms with E-state index in [1.165, 1.54) is 19.2 Å². The number of sulfone groups is 1. The maximum Gasteiger partial charge on any atom is 0.186 e. The molecule has 0 heterocycles. The van der Waals surface area contributed by atoms with Gasteiger partial charge in [0, 0.05) is 16.2 Å². The third-order valence-corrected chi connectivity index (χ3v) is 5.04. The Morgan fingerprint density at radius 3 is 2.40 bits per heavy atom. The van der Waals surface area contributed by atoms with Crippen molar-refractivity contribution in [3.8, 4) is 5.75 Å². The van der Waals surface area contributed by atoms with Crippen LogP contribution in [0.25, 0.3) is 0 Å². The van der Waals surface area contributed by atoms with Gasteiger partial charge in [-0.1, -0.05) is 28.1 Å². The highest BCUT2D eigenvalue weighted by molar-refractivity contribution is 9.10. The van der Waals surface area contributed by atoms with Gasteiger partial charge >= 0.3 is 0 Å². The van der Waals surface area contributed by atoms with E-state index in [1.807, 2.05) is 12.1 Å². The fourth-order valence-corrected chi connectivity index (χ4v) is 3.59. The summed E-state index contributed by atoms with van der Waals surface area (Å²) in [5, 5.41) is 0. The smallest absolute Gasteiger partial charge is 0.186 e. The van der Waals surface area contributed by atoms with Crippen molar-refractivity contribution in [3.63, 3.8) is 0 Å². The highest BCUT2D eigenvalue weighted by Gasteiger charge is 2.20. The summed E-state index contributed by atoms with van der Waals surface area (Å²) < 4.78 is 30.9. The van der Waals surface area contributed by atoms with Gasteiger partial charge in [-0.2, -0.15) is 0 Å². The van der Waals surface area contributed by atoms with Crippen LogP contribution in [0.15, 0.2) is 51.8 Å². The Morgan fingerprint density at radius 2 is 1.80 bits per heavy atom. The van der Waals surface area contributed by atoms with Crippen molar-refractivity contribution in [2.45, 2.75) is 10.6 Å². The SMILES string of the molecule is COc1cc(N)ccc1S(=O)(=O)Cc1ccc(Br)cc1. The van der Waals surface area contributed by atoms with Crippen molar-refractivity contribution in [1.29, 1.82) is 0 Å². The topological polar surface area (TPSA) is 69.4 Å². The quantitative estimate of drug-likeness (QED) is 0.855. The molecule has 0 radical (unpaired) electrons. The zero-order chi connectivity index (χ0) is 14.8. The molecule has 2 N–H and O–H groups in total. The number of nitrogens with two attached hydrogens (primary N) is 1. The maximum absolute atomic E-state index is 12.4. The average molecular weight is 356 g/mol. The number of hydrogen-bond donors (Lipinski definition) is 1. The monoisotopic (exact) mass is 355 g/mol. The van der Waals surface area contributed by atoms with E-state index in [0.717, 1.165) is 4.47 Å². The fraction of sp³-hybridized carbons (Fsp3) is 0.143. The predicted octanol–water partition coefficient (Wildman–Crippen LogP) is 3.01. The highest BCUT2D eigenvalue weighted by atomic mass is 79.9. The minimum absolute atomic E-state index is 0.0828. The van der Waals surface area contributed by atoms with Gasteiger partial charge in [0.25, 0.3) is 0 Å². The molecule has 0 aliphatic heterocycles. The summed E-state index contributed by atoms with van der Waals surface area (Å²) in [4.78, 5) is 0.150. The largest absolute Gasteiger partial charge is 0.495 e. The molecule has 0 aliphatic carbocycles. The van der Waals surface area contributed by atoms with Gasteiger partial charge in [0.1, 0.15) is 10.6 Å².